The number of nitrogens with zero attached hydrogens (tertiary/aromatic N) is 3. The van der Waals surface area contributed by atoms with Crippen molar-refractivity contribution in [3.63, 3.8) is 0 Å². The minimum atomic E-state index is -4.49. The van der Waals surface area contributed by atoms with Crippen molar-refractivity contribution in [1.29, 1.82) is 0 Å². The van der Waals surface area contributed by atoms with Gasteiger partial charge in [0, 0.05) is 6.61 Å². The molecule has 1 saturated heterocycles. The van der Waals surface area contributed by atoms with Gasteiger partial charge in [-0.1, -0.05) is 5.21 Å². The molecule has 2 heterocycles. The molecule has 0 N–H and O–H groups in total. The molecule has 0 aliphatic carbocycles. The highest BCUT2D eigenvalue weighted by Crippen LogP contribution is 2.32. The molecule has 1 aliphatic rings. The summed E-state index contributed by atoms with van der Waals surface area (Å²) in [6.07, 6.45) is -3.11. The Morgan fingerprint density at radius 2 is 2.24 bits per heavy atom. The largest absolute Gasteiger partial charge is 0.434 e. The third-order valence-electron chi connectivity index (χ3n) is 2.60. The van der Waals surface area contributed by atoms with Crippen LogP contribution in [0.4, 0.5) is 13.2 Å². The number of ether oxygens (including phenoxy) is 1. The predicted octanol–water partition coefficient (Wildman–Crippen LogP) is 2.21. The fourth-order valence-electron chi connectivity index (χ4n) is 1.86. The summed E-state index contributed by atoms with van der Waals surface area (Å²) in [6.45, 7) is 0.655. The van der Waals surface area contributed by atoms with Crippen molar-refractivity contribution < 1.29 is 17.9 Å². The van der Waals surface area contributed by atoms with E-state index in [1.165, 1.54) is 0 Å². The van der Waals surface area contributed by atoms with Crippen molar-refractivity contribution in [3.8, 4) is 0 Å². The Morgan fingerprint density at radius 3 is 2.76 bits per heavy atom. The highest BCUT2D eigenvalue weighted by molar-refractivity contribution is 6.16. The number of alkyl halides is 4. The van der Waals surface area contributed by atoms with E-state index in [1.807, 2.05) is 0 Å². The van der Waals surface area contributed by atoms with Gasteiger partial charge in [0.15, 0.2) is 5.69 Å². The number of halogens is 4. The topological polar surface area (TPSA) is 39.9 Å². The molecule has 1 atom stereocenters. The molecule has 1 aromatic heterocycles. The van der Waals surface area contributed by atoms with E-state index in [0.717, 1.165) is 17.5 Å². The molecular weight excluding hydrogens is 259 g/mol. The second-order valence-electron chi connectivity index (χ2n) is 3.83. The maximum absolute atomic E-state index is 12.8. The summed E-state index contributed by atoms with van der Waals surface area (Å²) in [5.74, 6) is -0.305. The van der Waals surface area contributed by atoms with E-state index >= 15 is 0 Å². The second-order valence-corrected chi connectivity index (χ2v) is 4.10. The Morgan fingerprint density at radius 1 is 1.47 bits per heavy atom. The minimum Gasteiger partial charge on any atom is -0.376 e. The number of hydrogen-bond acceptors (Lipinski definition) is 3. The van der Waals surface area contributed by atoms with E-state index < -0.39 is 11.9 Å². The molecule has 1 aromatic rings. The lowest BCUT2D eigenvalue weighted by Gasteiger charge is -2.13. The first kappa shape index (κ1) is 12.6. The zero-order valence-corrected chi connectivity index (χ0v) is 9.63. The molecular formula is C9H11ClF3N3O. The normalized spacial score (nSPS) is 21.1. The van der Waals surface area contributed by atoms with Crippen LogP contribution in [-0.2, 0) is 23.3 Å². The molecule has 96 valence electrons. The lowest BCUT2D eigenvalue weighted by Crippen LogP contribution is -2.22. The molecule has 0 saturated carbocycles. The SMILES string of the molecule is FC(F)(F)c1c(CCl)nnn1CC1CCCO1. The summed E-state index contributed by atoms with van der Waals surface area (Å²) >= 11 is 5.42. The summed E-state index contributed by atoms with van der Waals surface area (Å²) in [7, 11) is 0. The van der Waals surface area contributed by atoms with Crippen LogP contribution >= 0.6 is 11.6 Å². The first-order valence-corrected chi connectivity index (χ1v) is 5.73. The van der Waals surface area contributed by atoms with Crippen LogP contribution in [0.1, 0.15) is 24.2 Å². The Kier molecular flexibility index (Phi) is 3.58. The Bertz CT molecular complexity index is 387. The van der Waals surface area contributed by atoms with E-state index in [2.05, 4.69) is 10.3 Å². The maximum Gasteiger partial charge on any atom is 0.434 e. The molecule has 0 amide bonds. The monoisotopic (exact) mass is 269 g/mol. The first-order valence-electron chi connectivity index (χ1n) is 5.19. The van der Waals surface area contributed by atoms with Gasteiger partial charge in [-0.2, -0.15) is 13.2 Å². The molecule has 1 aliphatic heterocycles. The molecule has 2 rings (SSSR count). The molecule has 0 spiro atoms. The maximum atomic E-state index is 12.8. The van der Waals surface area contributed by atoms with Gasteiger partial charge in [0.2, 0.25) is 0 Å². The number of aromatic nitrogens is 3. The molecule has 1 fully saturated rings. The van der Waals surface area contributed by atoms with Gasteiger partial charge in [0.1, 0.15) is 5.69 Å². The summed E-state index contributed by atoms with van der Waals surface area (Å²) in [6, 6.07) is 0. The van der Waals surface area contributed by atoms with Gasteiger partial charge in [0.05, 0.1) is 18.5 Å². The fraction of sp³-hybridized carbons (Fsp3) is 0.778. The highest BCUT2D eigenvalue weighted by atomic mass is 35.5. The van der Waals surface area contributed by atoms with Gasteiger partial charge in [0.25, 0.3) is 0 Å². The first-order chi connectivity index (χ1) is 8.02. The molecule has 0 radical (unpaired) electrons. The van der Waals surface area contributed by atoms with Gasteiger partial charge in [-0.05, 0) is 12.8 Å². The van der Waals surface area contributed by atoms with E-state index in [0.29, 0.717) is 6.61 Å². The predicted molar refractivity (Wildman–Crippen MR) is 53.6 cm³/mol. The number of hydrogen-bond donors (Lipinski definition) is 0. The van der Waals surface area contributed by atoms with Gasteiger partial charge >= 0.3 is 6.18 Å². The molecule has 0 bridgehead atoms. The zero-order chi connectivity index (χ0) is 12.5. The molecule has 1 unspecified atom stereocenters. The quantitative estimate of drug-likeness (QED) is 0.790. The zero-order valence-electron chi connectivity index (χ0n) is 8.87. The number of rotatable bonds is 3. The van der Waals surface area contributed by atoms with E-state index in [-0.39, 0.29) is 24.2 Å². The van der Waals surface area contributed by atoms with Crippen LogP contribution in [0.5, 0.6) is 0 Å². The van der Waals surface area contributed by atoms with E-state index in [9.17, 15) is 13.2 Å². The van der Waals surface area contributed by atoms with Crippen LogP contribution in [-0.4, -0.2) is 27.7 Å². The molecule has 8 heteroatoms. The lowest BCUT2D eigenvalue weighted by molar-refractivity contribution is -0.145. The summed E-state index contributed by atoms with van der Waals surface area (Å²) in [4.78, 5) is 0. The summed E-state index contributed by atoms with van der Waals surface area (Å²) < 4.78 is 44.5. The van der Waals surface area contributed by atoms with Crippen LogP contribution in [0.2, 0.25) is 0 Å². The van der Waals surface area contributed by atoms with Crippen molar-refractivity contribution in [3.05, 3.63) is 11.4 Å². The van der Waals surface area contributed by atoms with Crippen molar-refractivity contribution in [2.24, 2.45) is 0 Å². The van der Waals surface area contributed by atoms with Crippen LogP contribution in [0.25, 0.3) is 0 Å². The van der Waals surface area contributed by atoms with Crippen molar-refractivity contribution in [2.75, 3.05) is 6.61 Å². The smallest absolute Gasteiger partial charge is 0.376 e. The highest BCUT2D eigenvalue weighted by Gasteiger charge is 2.39. The van der Waals surface area contributed by atoms with Crippen LogP contribution in [0.15, 0.2) is 0 Å². The molecule has 0 aromatic carbocycles. The van der Waals surface area contributed by atoms with Crippen LogP contribution in [0, 0.1) is 0 Å². The van der Waals surface area contributed by atoms with Gasteiger partial charge in [-0.15, -0.1) is 16.7 Å². The minimum absolute atomic E-state index is 0.0682. The Hall–Kier alpha value is -0.820. The van der Waals surface area contributed by atoms with E-state index in [1.54, 1.807) is 0 Å². The van der Waals surface area contributed by atoms with Crippen LogP contribution in [0.3, 0.4) is 0 Å². The summed E-state index contributed by atoms with van der Waals surface area (Å²) in [5.41, 5.74) is -1.11. The lowest BCUT2D eigenvalue weighted by atomic mass is 10.2. The van der Waals surface area contributed by atoms with Gasteiger partial charge in [-0.25, -0.2) is 4.68 Å². The Balaban J connectivity index is 2.23. The van der Waals surface area contributed by atoms with Crippen molar-refractivity contribution >= 4 is 11.6 Å². The fourth-order valence-corrected chi connectivity index (χ4v) is 2.04. The van der Waals surface area contributed by atoms with Crippen molar-refractivity contribution in [1.82, 2.24) is 15.0 Å². The van der Waals surface area contributed by atoms with Gasteiger partial charge in [-0.3, -0.25) is 0 Å². The molecule has 17 heavy (non-hydrogen) atoms. The summed E-state index contributed by atoms with van der Waals surface area (Å²) in [5, 5.41) is 6.95. The standard InChI is InChI=1S/C9H11ClF3N3O/c10-4-7-8(9(11,12)13)16(15-14-7)5-6-2-1-3-17-6/h6H,1-5H2. The average molecular weight is 270 g/mol. The Labute approximate surface area is 101 Å². The third-order valence-corrected chi connectivity index (χ3v) is 2.85. The van der Waals surface area contributed by atoms with Gasteiger partial charge < -0.3 is 4.74 Å². The second kappa shape index (κ2) is 4.81. The third kappa shape index (κ3) is 2.71. The van der Waals surface area contributed by atoms with Crippen molar-refractivity contribution in [2.45, 2.75) is 37.5 Å². The van der Waals surface area contributed by atoms with E-state index in [4.69, 9.17) is 16.3 Å². The average Bonchev–Trinajstić information content (AvgIpc) is 2.85. The molecule has 4 nitrogen and oxygen atoms in total. The van der Waals surface area contributed by atoms with Crippen LogP contribution < -0.4 is 0 Å².